The number of halogens is 5. The Labute approximate surface area is 164 Å². The van der Waals surface area contributed by atoms with E-state index >= 15 is 0 Å². The number of phenols is 1. The molecule has 0 radical (unpaired) electrons. The molecule has 0 spiro atoms. The Morgan fingerprint density at radius 3 is 2.33 bits per heavy atom. The number of rotatable bonds is 4. The van der Waals surface area contributed by atoms with Crippen molar-refractivity contribution >= 4 is 35.0 Å². The summed E-state index contributed by atoms with van der Waals surface area (Å²) in [6, 6.07) is 2.63. The third-order valence-electron chi connectivity index (χ3n) is 4.76. The summed E-state index contributed by atoms with van der Waals surface area (Å²) in [7, 11) is 0. The monoisotopic (exact) mass is 426 g/mol. The van der Waals surface area contributed by atoms with Crippen LogP contribution in [0.2, 0.25) is 10.0 Å². The lowest BCUT2D eigenvalue weighted by Gasteiger charge is -2.36. The van der Waals surface area contributed by atoms with E-state index in [-0.39, 0.29) is 34.2 Å². The smallest absolute Gasteiger partial charge is 0.471 e. The number of likely N-dealkylation sites (tertiary alicyclic amines) is 1. The van der Waals surface area contributed by atoms with E-state index in [0.29, 0.717) is 31.5 Å². The predicted octanol–water partition coefficient (Wildman–Crippen LogP) is 3.72. The maximum atomic E-state index is 12.5. The van der Waals surface area contributed by atoms with E-state index in [4.69, 9.17) is 23.2 Å². The first kappa shape index (κ1) is 21.6. The molecule has 1 atom stereocenters. The summed E-state index contributed by atoms with van der Waals surface area (Å²) in [5, 5.41) is 12.4. The van der Waals surface area contributed by atoms with E-state index in [0.717, 1.165) is 0 Å². The highest BCUT2D eigenvalue weighted by Crippen LogP contribution is 2.40. The van der Waals surface area contributed by atoms with Crippen molar-refractivity contribution in [2.24, 2.45) is 5.92 Å². The summed E-state index contributed by atoms with van der Waals surface area (Å²) in [5.74, 6) is -3.09. The van der Waals surface area contributed by atoms with Crippen molar-refractivity contribution < 1.29 is 27.9 Å². The largest absolute Gasteiger partial charge is 0.508 e. The van der Waals surface area contributed by atoms with Crippen LogP contribution >= 0.6 is 23.2 Å². The van der Waals surface area contributed by atoms with Gasteiger partial charge in [-0.15, -0.1) is 0 Å². The van der Waals surface area contributed by atoms with Crippen LogP contribution in [0.25, 0.3) is 0 Å². The topological polar surface area (TPSA) is 69.6 Å². The molecule has 1 aromatic carbocycles. The van der Waals surface area contributed by atoms with Crippen LogP contribution in [0.1, 0.15) is 31.2 Å². The van der Waals surface area contributed by atoms with Crippen molar-refractivity contribution in [3.8, 4) is 5.75 Å². The molecule has 1 saturated heterocycles. The first-order valence-electron chi connectivity index (χ1n) is 8.29. The Bertz CT molecular complexity index is 720. The van der Waals surface area contributed by atoms with E-state index < -0.39 is 18.0 Å². The number of amides is 2. The Balaban J connectivity index is 2.25. The van der Waals surface area contributed by atoms with E-state index in [9.17, 15) is 27.9 Å². The third kappa shape index (κ3) is 5.42. The number of piperidine rings is 1. The highest BCUT2D eigenvalue weighted by Gasteiger charge is 2.39. The van der Waals surface area contributed by atoms with Crippen LogP contribution in [-0.4, -0.2) is 47.6 Å². The molecule has 2 rings (SSSR count). The molecule has 0 aliphatic carbocycles. The van der Waals surface area contributed by atoms with Gasteiger partial charge < -0.3 is 15.3 Å². The first-order chi connectivity index (χ1) is 12.5. The van der Waals surface area contributed by atoms with Crippen molar-refractivity contribution in [2.45, 2.75) is 31.9 Å². The predicted molar refractivity (Wildman–Crippen MR) is 94.9 cm³/mol. The summed E-state index contributed by atoms with van der Waals surface area (Å²) >= 11 is 11.9. The molecule has 1 heterocycles. The average molecular weight is 427 g/mol. The standard InChI is InChI=1S/C17H19Cl2F3N2O3/c1-9(25)24-4-2-10(3-5-24)12(8-23-16(27)17(20,21)22)11-6-13(18)14(19)7-15(11)26/h6-7,10,12,26H,2-5,8H2,1H3,(H,23,27). The maximum absolute atomic E-state index is 12.5. The number of phenolic OH excluding ortho intramolecular Hbond substituents is 1. The number of aromatic hydroxyl groups is 1. The summed E-state index contributed by atoms with van der Waals surface area (Å²) in [6.45, 7) is 2.03. The van der Waals surface area contributed by atoms with E-state index in [1.54, 1.807) is 4.90 Å². The molecule has 0 aromatic heterocycles. The lowest BCUT2D eigenvalue weighted by molar-refractivity contribution is -0.173. The average Bonchev–Trinajstić information content (AvgIpc) is 2.58. The lowest BCUT2D eigenvalue weighted by atomic mass is 9.79. The van der Waals surface area contributed by atoms with Crippen molar-refractivity contribution in [1.82, 2.24) is 10.2 Å². The van der Waals surface area contributed by atoms with Gasteiger partial charge >= 0.3 is 12.1 Å². The Kier molecular flexibility index (Phi) is 6.86. The molecule has 10 heteroatoms. The van der Waals surface area contributed by atoms with Crippen LogP contribution in [-0.2, 0) is 9.59 Å². The maximum Gasteiger partial charge on any atom is 0.471 e. The Morgan fingerprint density at radius 1 is 1.26 bits per heavy atom. The van der Waals surface area contributed by atoms with Gasteiger partial charge in [0.25, 0.3) is 0 Å². The fourth-order valence-electron chi connectivity index (χ4n) is 3.30. The van der Waals surface area contributed by atoms with Gasteiger partial charge in [0.1, 0.15) is 5.75 Å². The summed E-state index contributed by atoms with van der Waals surface area (Å²) in [6.07, 6.45) is -3.96. The van der Waals surface area contributed by atoms with Gasteiger partial charge in [-0.3, -0.25) is 9.59 Å². The molecule has 0 saturated carbocycles. The zero-order valence-corrected chi connectivity index (χ0v) is 16.0. The van der Waals surface area contributed by atoms with Crippen LogP contribution < -0.4 is 5.32 Å². The van der Waals surface area contributed by atoms with Gasteiger partial charge in [-0.25, -0.2) is 0 Å². The summed E-state index contributed by atoms with van der Waals surface area (Å²) < 4.78 is 37.6. The van der Waals surface area contributed by atoms with Crippen LogP contribution in [0.5, 0.6) is 5.75 Å². The molecule has 1 aliphatic rings. The molecule has 1 unspecified atom stereocenters. The summed E-state index contributed by atoms with van der Waals surface area (Å²) in [4.78, 5) is 24.4. The second-order valence-corrected chi connectivity index (χ2v) is 7.30. The molecule has 2 N–H and O–H groups in total. The van der Waals surface area contributed by atoms with Crippen LogP contribution in [0.15, 0.2) is 12.1 Å². The number of carbonyl (C=O) groups is 2. The number of alkyl halides is 3. The number of nitrogens with one attached hydrogen (secondary N) is 1. The van der Waals surface area contributed by atoms with Gasteiger partial charge in [-0.1, -0.05) is 23.2 Å². The van der Waals surface area contributed by atoms with Crippen LogP contribution in [0.4, 0.5) is 13.2 Å². The second-order valence-electron chi connectivity index (χ2n) is 6.48. The van der Waals surface area contributed by atoms with Crippen LogP contribution in [0, 0.1) is 5.92 Å². The fourth-order valence-corrected chi connectivity index (χ4v) is 3.63. The molecule has 1 aliphatic heterocycles. The number of carbonyl (C=O) groups excluding carboxylic acids is 2. The zero-order valence-electron chi connectivity index (χ0n) is 14.4. The highest BCUT2D eigenvalue weighted by molar-refractivity contribution is 6.42. The Hall–Kier alpha value is -1.67. The molecule has 27 heavy (non-hydrogen) atoms. The minimum atomic E-state index is -5.00. The number of benzene rings is 1. The molecule has 0 bridgehead atoms. The molecule has 5 nitrogen and oxygen atoms in total. The SMILES string of the molecule is CC(=O)N1CCC(C(CNC(=O)C(F)(F)F)c2cc(Cl)c(Cl)cc2O)CC1. The quantitative estimate of drug-likeness (QED) is 0.770. The van der Waals surface area contributed by atoms with Gasteiger partial charge in [-0.05, 0) is 24.8 Å². The Morgan fingerprint density at radius 2 is 1.81 bits per heavy atom. The highest BCUT2D eigenvalue weighted by atomic mass is 35.5. The number of hydrogen-bond acceptors (Lipinski definition) is 3. The second kappa shape index (κ2) is 8.56. The lowest BCUT2D eigenvalue weighted by Crippen LogP contribution is -2.43. The van der Waals surface area contributed by atoms with Crippen molar-refractivity contribution in [3.05, 3.63) is 27.7 Å². The summed E-state index contributed by atoms with van der Waals surface area (Å²) in [5.41, 5.74) is 0.313. The van der Waals surface area contributed by atoms with Gasteiger partial charge in [0, 0.05) is 44.1 Å². The molecule has 150 valence electrons. The van der Waals surface area contributed by atoms with Crippen molar-refractivity contribution in [2.75, 3.05) is 19.6 Å². The van der Waals surface area contributed by atoms with Gasteiger partial charge in [0.05, 0.1) is 10.0 Å². The molecular weight excluding hydrogens is 408 g/mol. The van der Waals surface area contributed by atoms with Gasteiger partial charge in [-0.2, -0.15) is 13.2 Å². The number of hydrogen-bond donors (Lipinski definition) is 2. The fraction of sp³-hybridized carbons (Fsp3) is 0.529. The molecular formula is C17H19Cl2F3N2O3. The van der Waals surface area contributed by atoms with Crippen molar-refractivity contribution in [3.63, 3.8) is 0 Å². The minimum Gasteiger partial charge on any atom is -0.508 e. The third-order valence-corrected chi connectivity index (χ3v) is 5.49. The number of nitrogens with zero attached hydrogens (tertiary/aromatic N) is 1. The molecule has 2 amide bonds. The first-order valence-corrected chi connectivity index (χ1v) is 9.04. The minimum absolute atomic E-state index is 0.0761. The normalized spacial score (nSPS) is 16.9. The zero-order chi connectivity index (χ0) is 20.4. The van der Waals surface area contributed by atoms with E-state index in [1.165, 1.54) is 19.1 Å². The van der Waals surface area contributed by atoms with Gasteiger partial charge in [0.2, 0.25) is 5.91 Å². The van der Waals surface area contributed by atoms with Gasteiger partial charge in [0.15, 0.2) is 0 Å². The van der Waals surface area contributed by atoms with Crippen molar-refractivity contribution in [1.29, 1.82) is 0 Å². The molecule has 1 aromatic rings. The van der Waals surface area contributed by atoms with E-state index in [2.05, 4.69) is 0 Å². The van der Waals surface area contributed by atoms with Crippen LogP contribution in [0.3, 0.4) is 0 Å². The van der Waals surface area contributed by atoms with E-state index in [1.807, 2.05) is 5.32 Å². The molecule has 1 fully saturated rings.